The smallest absolute Gasteiger partial charge is 0.243 e. The third-order valence-corrected chi connectivity index (χ3v) is 5.74. The molecule has 0 bridgehead atoms. The van der Waals surface area contributed by atoms with Crippen LogP contribution in [0.3, 0.4) is 0 Å². The van der Waals surface area contributed by atoms with Crippen molar-refractivity contribution in [3.63, 3.8) is 0 Å². The van der Waals surface area contributed by atoms with Crippen molar-refractivity contribution >= 4 is 17.8 Å². The summed E-state index contributed by atoms with van der Waals surface area (Å²) in [5, 5.41) is 21.7. The van der Waals surface area contributed by atoms with E-state index in [1.54, 1.807) is 25.3 Å². The van der Waals surface area contributed by atoms with E-state index in [0.717, 1.165) is 18.7 Å². The largest absolute Gasteiger partial charge is 0.507 e. The number of nitrogens with zero attached hydrogens (tertiary/aromatic N) is 3. The van der Waals surface area contributed by atoms with E-state index in [0.29, 0.717) is 36.0 Å². The molecule has 0 saturated carbocycles. The van der Waals surface area contributed by atoms with E-state index in [1.807, 2.05) is 32.2 Å². The number of phenolic OH excluding ortho intramolecular Hbond substituents is 1. The maximum absolute atomic E-state index is 11.4. The van der Waals surface area contributed by atoms with E-state index in [9.17, 15) is 9.90 Å². The van der Waals surface area contributed by atoms with Gasteiger partial charge in [-0.1, -0.05) is 13.0 Å². The molecule has 0 unspecified atom stereocenters. The minimum Gasteiger partial charge on any atom is -0.507 e. The lowest BCUT2D eigenvalue weighted by molar-refractivity contribution is -0.115. The van der Waals surface area contributed by atoms with Gasteiger partial charge in [-0.05, 0) is 61.6 Å². The highest BCUT2D eigenvalue weighted by Gasteiger charge is 2.31. The molecule has 1 aliphatic rings. The number of likely N-dealkylation sites (N-methyl/N-ethyl adjacent to an activating group) is 1. The van der Waals surface area contributed by atoms with Crippen LogP contribution in [0, 0.1) is 5.92 Å². The first-order valence-electron chi connectivity index (χ1n) is 10.8. The number of benzene rings is 1. The van der Waals surface area contributed by atoms with Crippen molar-refractivity contribution in [1.29, 1.82) is 0 Å². The van der Waals surface area contributed by atoms with Crippen molar-refractivity contribution in [1.82, 2.24) is 15.5 Å². The molecule has 2 aromatic rings. The highest BCUT2D eigenvalue weighted by Crippen LogP contribution is 2.30. The highest BCUT2D eigenvalue weighted by molar-refractivity contribution is 5.91. The Hall–Kier alpha value is -2.97. The Morgan fingerprint density at radius 1 is 1.34 bits per heavy atom. The van der Waals surface area contributed by atoms with Crippen LogP contribution in [0.5, 0.6) is 5.75 Å². The molecule has 1 saturated heterocycles. The molecule has 1 aromatic carbocycles. The van der Waals surface area contributed by atoms with Gasteiger partial charge < -0.3 is 25.8 Å². The van der Waals surface area contributed by atoms with Gasteiger partial charge in [0.15, 0.2) is 5.82 Å². The molecule has 4 N–H and O–H groups in total. The second-order valence-electron chi connectivity index (χ2n) is 8.98. The van der Waals surface area contributed by atoms with Gasteiger partial charge in [0.05, 0.1) is 12.3 Å². The Morgan fingerprint density at radius 2 is 2.12 bits per heavy atom. The number of aromatic hydroxyl groups is 1. The predicted molar refractivity (Wildman–Crippen MR) is 126 cm³/mol. The average Bonchev–Trinajstić information content (AvgIpc) is 2.75. The van der Waals surface area contributed by atoms with Crippen molar-refractivity contribution < 1.29 is 14.6 Å². The number of nitrogens with two attached hydrogens (primary N) is 1. The average molecular weight is 440 g/mol. The second-order valence-corrected chi connectivity index (χ2v) is 8.98. The van der Waals surface area contributed by atoms with Crippen LogP contribution in [0.4, 0.5) is 5.82 Å². The van der Waals surface area contributed by atoms with Crippen LogP contribution in [-0.4, -0.2) is 60.1 Å². The number of rotatable bonds is 5. The summed E-state index contributed by atoms with van der Waals surface area (Å²) in [5.74, 6) is 1.05. The number of aromatic nitrogens is 2. The Kier molecular flexibility index (Phi) is 7.48. The van der Waals surface area contributed by atoms with Crippen LogP contribution in [0.2, 0.25) is 0 Å². The molecule has 3 atom stereocenters. The van der Waals surface area contributed by atoms with Crippen molar-refractivity contribution in [2.24, 2.45) is 11.7 Å². The van der Waals surface area contributed by atoms with Crippen molar-refractivity contribution in [2.45, 2.75) is 38.3 Å². The summed E-state index contributed by atoms with van der Waals surface area (Å²) in [4.78, 5) is 13.5. The van der Waals surface area contributed by atoms with Gasteiger partial charge >= 0.3 is 0 Å². The predicted octanol–water partition coefficient (Wildman–Crippen LogP) is 2.58. The minimum atomic E-state index is -0.397. The summed E-state index contributed by atoms with van der Waals surface area (Å²) in [6.07, 6.45) is 4.80. The van der Waals surface area contributed by atoms with Crippen LogP contribution in [0.1, 0.15) is 32.3 Å². The summed E-state index contributed by atoms with van der Waals surface area (Å²) in [6, 6.07) is 9.17. The molecule has 8 nitrogen and oxygen atoms in total. The molecule has 2 heterocycles. The lowest BCUT2D eigenvalue weighted by Gasteiger charge is -2.38. The third kappa shape index (κ3) is 6.05. The van der Waals surface area contributed by atoms with E-state index in [-0.39, 0.29) is 17.7 Å². The van der Waals surface area contributed by atoms with Crippen LogP contribution in [0.25, 0.3) is 17.3 Å². The quantitative estimate of drug-likeness (QED) is 0.614. The molecule has 3 rings (SSSR count). The zero-order valence-electron chi connectivity index (χ0n) is 19.2. The van der Waals surface area contributed by atoms with Gasteiger partial charge in [-0.2, -0.15) is 0 Å². The molecular weight excluding hydrogens is 406 g/mol. The standard InChI is InChI=1S/C24H33N5O3/c1-16-11-18(13-24(2,25)15-32-14-16)29(4)22-9-8-20(27-28-22)19-7-5-17(12-21(19)30)6-10-23(31)26-3/h5-10,12,16,18,30H,11,13-15,25H2,1-4H3,(H,26,31)/b10-6+/t16-,18+,24+/m1/s1. The van der Waals surface area contributed by atoms with E-state index in [1.165, 1.54) is 6.08 Å². The Labute approximate surface area is 189 Å². The van der Waals surface area contributed by atoms with Crippen molar-refractivity contribution in [3.05, 3.63) is 42.0 Å². The number of phenols is 1. The van der Waals surface area contributed by atoms with Gasteiger partial charge in [-0.3, -0.25) is 4.79 Å². The number of anilines is 1. The zero-order valence-corrected chi connectivity index (χ0v) is 19.2. The molecule has 32 heavy (non-hydrogen) atoms. The lowest BCUT2D eigenvalue weighted by Crippen LogP contribution is -2.50. The molecule has 1 amide bonds. The van der Waals surface area contributed by atoms with E-state index in [4.69, 9.17) is 10.5 Å². The molecule has 1 aromatic heterocycles. The topological polar surface area (TPSA) is 114 Å². The van der Waals surface area contributed by atoms with Gasteiger partial charge in [-0.25, -0.2) is 0 Å². The molecular formula is C24H33N5O3. The second kappa shape index (κ2) is 10.1. The third-order valence-electron chi connectivity index (χ3n) is 5.74. The van der Waals surface area contributed by atoms with Crippen LogP contribution in [0.15, 0.2) is 36.4 Å². The number of ether oxygens (including phenoxy) is 1. The Morgan fingerprint density at radius 3 is 2.78 bits per heavy atom. The lowest BCUT2D eigenvalue weighted by atomic mass is 9.88. The highest BCUT2D eigenvalue weighted by atomic mass is 16.5. The van der Waals surface area contributed by atoms with Gasteiger partial charge in [0, 0.05) is 43.9 Å². The zero-order chi connectivity index (χ0) is 23.3. The number of carbonyl (C=O) groups is 1. The number of amides is 1. The molecule has 0 radical (unpaired) electrons. The van der Waals surface area contributed by atoms with Crippen LogP contribution < -0.4 is 16.0 Å². The molecule has 1 aliphatic heterocycles. The summed E-state index contributed by atoms with van der Waals surface area (Å²) < 4.78 is 5.73. The first-order valence-corrected chi connectivity index (χ1v) is 10.8. The Bertz CT molecular complexity index is 959. The first kappa shape index (κ1) is 23.7. The Balaban J connectivity index is 1.76. The normalized spacial score (nSPS) is 24.0. The van der Waals surface area contributed by atoms with Gasteiger partial charge in [-0.15, -0.1) is 10.2 Å². The van der Waals surface area contributed by atoms with Crippen LogP contribution >= 0.6 is 0 Å². The molecule has 172 valence electrons. The summed E-state index contributed by atoms with van der Waals surface area (Å²) >= 11 is 0. The van der Waals surface area contributed by atoms with Crippen molar-refractivity contribution in [2.75, 3.05) is 32.2 Å². The van der Waals surface area contributed by atoms with E-state index >= 15 is 0 Å². The molecule has 0 aliphatic carbocycles. The molecule has 8 heteroatoms. The maximum Gasteiger partial charge on any atom is 0.243 e. The van der Waals surface area contributed by atoms with Gasteiger partial charge in [0.2, 0.25) is 5.91 Å². The van der Waals surface area contributed by atoms with E-state index in [2.05, 4.69) is 27.3 Å². The van der Waals surface area contributed by atoms with Gasteiger partial charge in [0.1, 0.15) is 5.75 Å². The number of nitrogens with one attached hydrogen (secondary N) is 1. The summed E-state index contributed by atoms with van der Waals surface area (Å²) in [5.41, 5.74) is 7.90. The number of hydrogen-bond acceptors (Lipinski definition) is 7. The van der Waals surface area contributed by atoms with Gasteiger partial charge in [0.25, 0.3) is 0 Å². The summed E-state index contributed by atoms with van der Waals surface area (Å²) in [7, 11) is 3.58. The van der Waals surface area contributed by atoms with Crippen molar-refractivity contribution in [3.8, 4) is 17.0 Å². The molecule has 1 fully saturated rings. The number of hydrogen-bond donors (Lipinski definition) is 3. The van der Waals surface area contributed by atoms with Crippen LogP contribution in [-0.2, 0) is 9.53 Å². The fourth-order valence-corrected chi connectivity index (χ4v) is 3.97. The number of carbonyl (C=O) groups excluding carboxylic acids is 1. The maximum atomic E-state index is 11.4. The fourth-order valence-electron chi connectivity index (χ4n) is 3.97. The summed E-state index contributed by atoms with van der Waals surface area (Å²) in [6.45, 7) is 5.45. The monoisotopic (exact) mass is 439 g/mol. The fraction of sp³-hybridized carbons (Fsp3) is 0.458. The van der Waals surface area contributed by atoms with E-state index < -0.39 is 5.54 Å². The first-order chi connectivity index (χ1) is 15.2. The molecule has 0 spiro atoms. The minimum absolute atomic E-state index is 0.0761. The SMILES string of the molecule is CNC(=O)/C=C/c1ccc(-c2ccc(N(C)[C@H]3C[C@@H](C)COC[C@@](C)(N)C3)nn2)c(O)c1.